The van der Waals surface area contributed by atoms with E-state index >= 15 is 0 Å². The topological polar surface area (TPSA) is 90.6 Å². The van der Waals surface area contributed by atoms with Gasteiger partial charge in [-0.2, -0.15) is 0 Å². The number of hydrogen-bond donors (Lipinski definition) is 0. The zero-order valence-electron chi connectivity index (χ0n) is 16.9. The molecule has 7 nitrogen and oxygen atoms in total. The summed E-state index contributed by atoms with van der Waals surface area (Å²) >= 11 is 3.40. The Morgan fingerprint density at radius 1 is 1.06 bits per heavy atom. The second kappa shape index (κ2) is 9.07. The molecule has 1 aromatic heterocycles. The van der Waals surface area contributed by atoms with E-state index in [2.05, 4.69) is 26.1 Å². The van der Waals surface area contributed by atoms with Crippen LogP contribution in [0.5, 0.6) is 5.75 Å². The SMILES string of the molecule is CC(=O)Oc1cccc(-n2c(/C=C/c3ccc(N=O)cc3)nc3ccc(Br)cc3c2=O)c1. The third-order valence-corrected chi connectivity index (χ3v) is 5.11. The standard InChI is InChI=1S/C24H16BrN3O4/c1-15(29)32-20-4-2-3-19(14-20)28-23(12-7-16-5-9-18(27-31)10-6-16)26-22-11-8-17(25)13-21(22)24(28)30/h2-14H,1H3/b12-7+. The molecule has 0 saturated heterocycles. The van der Waals surface area contributed by atoms with Crippen molar-refractivity contribution in [2.24, 2.45) is 5.18 Å². The number of nitroso groups, excluding NO2 is 1. The zero-order valence-corrected chi connectivity index (χ0v) is 18.4. The Bertz CT molecular complexity index is 1430. The Labute approximate surface area is 191 Å². The van der Waals surface area contributed by atoms with Gasteiger partial charge in [-0.25, -0.2) is 4.98 Å². The molecule has 0 aliphatic heterocycles. The van der Waals surface area contributed by atoms with Crippen LogP contribution in [0.1, 0.15) is 18.3 Å². The summed E-state index contributed by atoms with van der Waals surface area (Å²) in [6.45, 7) is 1.31. The number of benzene rings is 3. The summed E-state index contributed by atoms with van der Waals surface area (Å²) in [4.78, 5) is 40.1. The van der Waals surface area contributed by atoms with Crippen molar-refractivity contribution in [1.82, 2.24) is 9.55 Å². The Morgan fingerprint density at radius 3 is 2.56 bits per heavy atom. The lowest BCUT2D eigenvalue weighted by Gasteiger charge is -2.13. The number of aromatic nitrogens is 2. The first-order chi connectivity index (χ1) is 15.4. The van der Waals surface area contributed by atoms with Gasteiger partial charge in [0.1, 0.15) is 17.3 Å². The maximum Gasteiger partial charge on any atom is 0.308 e. The fourth-order valence-electron chi connectivity index (χ4n) is 3.21. The highest BCUT2D eigenvalue weighted by Crippen LogP contribution is 2.22. The number of carbonyl (C=O) groups excluding carboxylic acids is 1. The first kappa shape index (κ1) is 21.3. The summed E-state index contributed by atoms with van der Waals surface area (Å²) in [6.07, 6.45) is 3.50. The minimum atomic E-state index is -0.455. The van der Waals surface area contributed by atoms with E-state index in [1.54, 1.807) is 72.8 Å². The van der Waals surface area contributed by atoms with Crippen LogP contribution < -0.4 is 10.3 Å². The predicted octanol–water partition coefficient (Wildman–Crippen LogP) is 5.64. The Balaban J connectivity index is 1.90. The van der Waals surface area contributed by atoms with Crippen molar-refractivity contribution >= 4 is 50.6 Å². The molecule has 0 amide bonds. The van der Waals surface area contributed by atoms with Gasteiger partial charge in [-0.15, -0.1) is 4.91 Å². The van der Waals surface area contributed by atoms with Gasteiger partial charge in [0.25, 0.3) is 5.56 Å². The van der Waals surface area contributed by atoms with Crippen LogP contribution in [0.3, 0.4) is 0 Å². The van der Waals surface area contributed by atoms with Crippen molar-refractivity contribution in [3.63, 3.8) is 0 Å². The molecule has 0 spiro atoms. The maximum atomic E-state index is 13.4. The van der Waals surface area contributed by atoms with Gasteiger partial charge in [0.2, 0.25) is 0 Å². The molecular formula is C24H16BrN3O4. The molecule has 4 aromatic rings. The van der Waals surface area contributed by atoms with Gasteiger partial charge >= 0.3 is 5.97 Å². The predicted molar refractivity (Wildman–Crippen MR) is 127 cm³/mol. The van der Waals surface area contributed by atoms with E-state index < -0.39 is 5.97 Å². The molecule has 32 heavy (non-hydrogen) atoms. The highest BCUT2D eigenvalue weighted by molar-refractivity contribution is 9.10. The first-order valence-corrected chi connectivity index (χ1v) is 10.4. The summed E-state index contributed by atoms with van der Waals surface area (Å²) in [6, 6.07) is 18.7. The van der Waals surface area contributed by atoms with Crippen molar-refractivity contribution in [1.29, 1.82) is 0 Å². The summed E-state index contributed by atoms with van der Waals surface area (Å²) < 4.78 is 7.40. The quantitative estimate of drug-likeness (QED) is 0.205. The maximum absolute atomic E-state index is 13.4. The molecule has 0 atom stereocenters. The number of ether oxygens (including phenoxy) is 1. The molecule has 1 heterocycles. The molecule has 0 saturated carbocycles. The number of hydrogen-bond acceptors (Lipinski definition) is 6. The van der Waals surface area contributed by atoms with E-state index in [0.29, 0.717) is 33.9 Å². The molecule has 0 radical (unpaired) electrons. The van der Waals surface area contributed by atoms with E-state index in [1.807, 2.05) is 6.07 Å². The molecule has 4 rings (SSSR count). The molecule has 158 valence electrons. The first-order valence-electron chi connectivity index (χ1n) is 9.57. The Hall–Kier alpha value is -3.91. The molecule has 0 fully saturated rings. The fraction of sp³-hybridized carbons (Fsp3) is 0.0417. The third kappa shape index (κ3) is 4.55. The average molecular weight is 490 g/mol. The number of carbonyl (C=O) groups is 1. The fourth-order valence-corrected chi connectivity index (χ4v) is 3.57. The number of nitrogens with zero attached hydrogens (tertiary/aromatic N) is 3. The van der Waals surface area contributed by atoms with Crippen LogP contribution in [0, 0.1) is 4.91 Å². The van der Waals surface area contributed by atoms with Gasteiger partial charge in [-0.3, -0.25) is 14.2 Å². The van der Waals surface area contributed by atoms with Crippen molar-refractivity contribution in [2.75, 3.05) is 0 Å². The highest BCUT2D eigenvalue weighted by atomic mass is 79.9. The molecule has 0 aliphatic rings. The van der Waals surface area contributed by atoms with E-state index in [-0.39, 0.29) is 5.56 Å². The second-order valence-corrected chi connectivity index (χ2v) is 7.79. The van der Waals surface area contributed by atoms with Crippen LogP contribution in [0.25, 0.3) is 28.7 Å². The van der Waals surface area contributed by atoms with Gasteiger partial charge in [0.15, 0.2) is 0 Å². The molecule has 0 bridgehead atoms. The summed E-state index contributed by atoms with van der Waals surface area (Å²) in [5.74, 6) is 0.258. The lowest BCUT2D eigenvalue weighted by molar-refractivity contribution is -0.131. The van der Waals surface area contributed by atoms with Crippen LogP contribution >= 0.6 is 15.9 Å². The number of fused-ring (bicyclic) bond motifs is 1. The van der Waals surface area contributed by atoms with Crippen LogP contribution in [-0.2, 0) is 4.79 Å². The Morgan fingerprint density at radius 2 is 1.84 bits per heavy atom. The van der Waals surface area contributed by atoms with Gasteiger partial charge in [-0.05, 0) is 59.3 Å². The van der Waals surface area contributed by atoms with Crippen LogP contribution in [0.2, 0.25) is 0 Å². The Kier molecular flexibility index (Phi) is 6.04. The normalized spacial score (nSPS) is 11.1. The number of esters is 1. The van der Waals surface area contributed by atoms with Crippen LogP contribution in [0.4, 0.5) is 5.69 Å². The van der Waals surface area contributed by atoms with E-state index in [4.69, 9.17) is 4.74 Å². The summed E-state index contributed by atoms with van der Waals surface area (Å²) in [5, 5.41) is 3.33. The third-order valence-electron chi connectivity index (χ3n) is 4.62. The molecule has 0 aliphatic carbocycles. The number of rotatable bonds is 5. The summed E-state index contributed by atoms with van der Waals surface area (Å²) in [7, 11) is 0. The van der Waals surface area contributed by atoms with Crippen molar-refractivity contribution < 1.29 is 9.53 Å². The average Bonchev–Trinajstić information content (AvgIpc) is 2.78. The van der Waals surface area contributed by atoms with Gasteiger partial charge in [0.05, 0.1) is 16.6 Å². The molecule has 3 aromatic carbocycles. The van der Waals surface area contributed by atoms with E-state index in [0.717, 1.165) is 10.0 Å². The van der Waals surface area contributed by atoms with Gasteiger partial charge < -0.3 is 4.74 Å². The molecule has 8 heteroatoms. The largest absolute Gasteiger partial charge is 0.427 e. The van der Waals surface area contributed by atoms with Crippen molar-refractivity contribution in [2.45, 2.75) is 6.92 Å². The van der Waals surface area contributed by atoms with E-state index in [9.17, 15) is 14.5 Å². The van der Waals surface area contributed by atoms with Crippen molar-refractivity contribution in [3.8, 4) is 11.4 Å². The van der Waals surface area contributed by atoms with Gasteiger partial charge in [0, 0.05) is 17.5 Å². The smallest absolute Gasteiger partial charge is 0.308 e. The monoisotopic (exact) mass is 489 g/mol. The number of halogens is 1. The van der Waals surface area contributed by atoms with E-state index in [1.165, 1.54) is 11.5 Å². The van der Waals surface area contributed by atoms with Crippen LogP contribution in [-0.4, -0.2) is 15.5 Å². The second-order valence-electron chi connectivity index (χ2n) is 6.88. The molecule has 0 unspecified atom stereocenters. The minimum absolute atomic E-state index is 0.267. The van der Waals surface area contributed by atoms with Crippen LogP contribution in [0.15, 0.2) is 81.2 Å². The molecule has 0 N–H and O–H groups in total. The zero-order chi connectivity index (χ0) is 22.7. The lowest BCUT2D eigenvalue weighted by atomic mass is 10.2. The highest BCUT2D eigenvalue weighted by Gasteiger charge is 2.13. The lowest BCUT2D eigenvalue weighted by Crippen LogP contribution is -2.22. The molecular weight excluding hydrogens is 474 g/mol. The summed E-state index contributed by atoms with van der Waals surface area (Å²) in [5.41, 5.74) is 1.92. The van der Waals surface area contributed by atoms with Crippen molar-refractivity contribution in [3.05, 3.63) is 97.9 Å². The minimum Gasteiger partial charge on any atom is -0.427 e. The van der Waals surface area contributed by atoms with Gasteiger partial charge in [-0.1, -0.05) is 40.2 Å².